The van der Waals surface area contributed by atoms with Crippen LogP contribution in [-0.4, -0.2) is 85.7 Å². The number of morpholine rings is 1. The summed E-state index contributed by atoms with van der Waals surface area (Å²) in [6.07, 6.45) is 1.01. The number of hydrogen-bond acceptors (Lipinski definition) is 4. The Kier molecular flexibility index (Phi) is 7.28. The average molecular weight is 389 g/mol. The van der Waals surface area contributed by atoms with Gasteiger partial charge in [0.15, 0.2) is 0 Å². The minimum atomic E-state index is -0.0115. The summed E-state index contributed by atoms with van der Waals surface area (Å²) in [6.45, 7) is 9.86. The number of amides is 3. The van der Waals surface area contributed by atoms with Gasteiger partial charge in [0.05, 0.1) is 25.8 Å². The second kappa shape index (κ2) is 9.89. The molecule has 1 atom stereocenters. The van der Waals surface area contributed by atoms with Crippen LogP contribution in [0.4, 0.5) is 4.79 Å². The molecular weight excluding hydrogens is 356 g/mol. The number of piperazine rings is 1. The molecule has 0 aromatic heterocycles. The Hall–Kier alpha value is -2.12. The van der Waals surface area contributed by atoms with Gasteiger partial charge in [0.25, 0.3) is 0 Å². The van der Waals surface area contributed by atoms with E-state index in [0.29, 0.717) is 45.9 Å². The molecule has 7 nitrogen and oxygen atoms in total. The molecule has 0 saturated carbocycles. The van der Waals surface area contributed by atoms with Crippen molar-refractivity contribution in [2.45, 2.75) is 26.3 Å². The first-order chi connectivity index (χ1) is 13.6. The Bertz CT molecular complexity index is 650. The van der Waals surface area contributed by atoms with Gasteiger partial charge in [0.2, 0.25) is 5.91 Å². The Morgan fingerprint density at radius 1 is 1.00 bits per heavy atom. The van der Waals surface area contributed by atoms with Crippen LogP contribution in [0.3, 0.4) is 0 Å². The van der Waals surface area contributed by atoms with Crippen molar-refractivity contribution in [1.82, 2.24) is 20.0 Å². The Labute approximate surface area is 167 Å². The van der Waals surface area contributed by atoms with Crippen molar-refractivity contribution in [3.8, 4) is 0 Å². The summed E-state index contributed by atoms with van der Waals surface area (Å²) < 4.78 is 5.31. The van der Waals surface area contributed by atoms with Crippen molar-refractivity contribution in [2.75, 3.05) is 59.0 Å². The van der Waals surface area contributed by atoms with E-state index in [1.54, 1.807) is 0 Å². The van der Waals surface area contributed by atoms with Gasteiger partial charge in [-0.2, -0.15) is 0 Å². The maximum Gasteiger partial charge on any atom is 0.320 e. The standard InChI is InChI=1S/C21H32N4O3/c1-3-18-4-6-19(7-5-18)17(2)22-20(26)16-23-8-10-24(11-9-23)21(27)25-12-14-28-15-13-25/h4-7,17H,3,8-16H2,1-2H3,(H,22,26). The zero-order valence-electron chi connectivity index (χ0n) is 17.0. The van der Waals surface area contributed by atoms with E-state index in [1.807, 2.05) is 16.7 Å². The number of ether oxygens (including phenoxy) is 1. The monoisotopic (exact) mass is 388 g/mol. The van der Waals surface area contributed by atoms with Crippen molar-refractivity contribution >= 4 is 11.9 Å². The molecule has 28 heavy (non-hydrogen) atoms. The van der Waals surface area contributed by atoms with Crippen LogP contribution >= 0.6 is 0 Å². The van der Waals surface area contributed by atoms with Crippen LogP contribution in [0.15, 0.2) is 24.3 Å². The number of nitrogens with one attached hydrogen (secondary N) is 1. The zero-order valence-corrected chi connectivity index (χ0v) is 17.0. The first kappa shape index (κ1) is 20.6. The number of aryl methyl sites for hydroxylation is 1. The molecule has 2 aliphatic rings. The maximum atomic E-state index is 12.5. The summed E-state index contributed by atoms with van der Waals surface area (Å²) in [5.74, 6) is 0.0278. The number of urea groups is 1. The molecule has 154 valence electrons. The largest absolute Gasteiger partial charge is 0.378 e. The van der Waals surface area contributed by atoms with E-state index in [1.165, 1.54) is 5.56 Å². The highest BCUT2D eigenvalue weighted by atomic mass is 16.5. The average Bonchev–Trinajstić information content (AvgIpc) is 2.74. The lowest BCUT2D eigenvalue weighted by Gasteiger charge is -2.38. The van der Waals surface area contributed by atoms with E-state index in [9.17, 15) is 9.59 Å². The first-order valence-electron chi connectivity index (χ1n) is 10.3. The number of benzene rings is 1. The summed E-state index contributed by atoms with van der Waals surface area (Å²) in [7, 11) is 0. The van der Waals surface area contributed by atoms with E-state index >= 15 is 0 Å². The SMILES string of the molecule is CCc1ccc(C(C)NC(=O)CN2CCN(C(=O)N3CCOCC3)CC2)cc1. The van der Waals surface area contributed by atoms with Crippen LogP contribution in [0, 0.1) is 0 Å². The fourth-order valence-electron chi connectivity index (χ4n) is 3.67. The van der Waals surface area contributed by atoms with Crippen molar-refractivity contribution in [1.29, 1.82) is 0 Å². The van der Waals surface area contributed by atoms with E-state index in [0.717, 1.165) is 25.1 Å². The first-order valence-corrected chi connectivity index (χ1v) is 10.3. The molecule has 0 radical (unpaired) electrons. The predicted molar refractivity (Wildman–Crippen MR) is 108 cm³/mol. The van der Waals surface area contributed by atoms with E-state index in [-0.39, 0.29) is 18.0 Å². The molecule has 3 amide bonds. The van der Waals surface area contributed by atoms with Crippen LogP contribution < -0.4 is 5.32 Å². The summed E-state index contributed by atoms with van der Waals surface area (Å²) in [6, 6.07) is 8.48. The van der Waals surface area contributed by atoms with Gasteiger partial charge in [-0.1, -0.05) is 31.2 Å². The highest BCUT2D eigenvalue weighted by Gasteiger charge is 2.27. The summed E-state index contributed by atoms with van der Waals surface area (Å²) in [5, 5.41) is 3.08. The molecular formula is C21H32N4O3. The van der Waals surface area contributed by atoms with Gasteiger partial charge in [-0.25, -0.2) is 4.79 Å². The highest BCUT2D eigenvalue weighted by Crippen LogP contribution is 2.14. The third kappa shape index (κ3) is 5.45. The highest BCUT2D eigenvalue weighted by molar-refractivity contribution is 5.78. The van der Waals surface area contributed by atoms with Gasteiger partial charge < -0.3 is 19.9 Å². The molecule has 2 fully saturated rings. The van der Waals surface area contributed by atoms with Crippen LogP contribution in [0.25, 0.3) is 0 Å². The summed E-state index contributed by atoms with van der Waals surface area (Å²) >= 11 is 0. The molecule has 0 bridgehead atoms. The molecule has 1 aromatic rings. The molecule has 0 aliphatic carbocycles. The minimum absolute atomic E-state index is 0.0115. The Morgan fingerprint density at radius 2 is 1.61 bits per heavy atom. The Balaban J connectivity index is 1.41. The lowest BCUT2D eigenvalue weighted by atomic mass is 10.1. The lowest BCUT2D eigenvalue weighted by molar-refractivity contribution is -0.123. The van der Waals surface area contributed by atoms with Crippen LogP contribution in [0.5, 0.6) is 0 Å². The van der Waals surface area contributed by atoms with Gasteiger partial charge >= 0.3 is 6.03 Å². The molecule has 2 saturated heterocycles. The number of hydrogen-bond donors (Lipinski definition) is 1. The topological polar surface area (TPSA) is 65.1 Å². The molecule has 1 unspecified atom stereocenters. The van der Waals surface area contributed by atoms with Gasteiger partial charge in [0, 0.05) is 39.3 Å². The van der Waals surface area contributed by atoms with Crippen molar-refractivity contribution in [3.63, 3.8) is 0 Å². The fourth-order valence-corrected chi connectivity index (χ4v) is 3.67. The van der Waals surface area contributed by atoms with Gasteiger partial charge in [0.1, 0.15) is 0 Å². The molecule has 2 heterocycles. The zero-order chi connectivity index (χ0) is 19.9. The molecule has 7 heteroatoms. The second-order valence-electron chi connectivity index (χ2n) is 7.53. The maximum absolute atomic E-state index is 12.5. The Morgan fingerprint density at radius 3 is 2.21 bits per heavy atom. The second-order valence-corrected chi connectivity index (χ2v) is 7.53. The van der Waals surface area contributed by atoms with Crippen molar-refractivity contribution in [3.05, 3.63) is 35.4 Å². The molecule has 2 aliphatic heterocycles. The van der Waals surface area contributed by atoms with Gasteiger partial charge in [-0.3, -0.25) is 9.69 Å². The summed E-state index contributed by atoms with van der Waals surface area (Å²) in [5.41, 5.74) is 2.42. The minimum Gasteiger partial charge on any atom is -0.378 e. The number of rotatable bonds is 5. The smallest absolute Gasteiger partial charge is 0.320 e. The lowest BCUT2D eigenvalue weighted by Crippen LogP contribution is -2.55. The molecule has 1 aromatic carbocycles. The molecule has 1 N–H and O–H groups in total. The predicted octanol–water partition coefficient (Wildman–Crippen LogP) is 1.50. The van der Waals surface area contributed by atoms with E-state index in [4.69, 9.17) is 4.74 Å². The van der Waals surface area contributed by atoms with Gasteiger partial charge in [-0.15, -0.1) is 0 Å². The quantitative estimate of drug-likeness (QED) is 0.830. The van der Waals surface area contributed by atoms with Crippen LogP contribution in [0.2, 0.25) is 0 Å². The number of nitrogens with zero attached hydrogens (tertiary/aromatic N) is 3. The van der Waals surface area contributed by atoms with Crippen molar-refractivity contribution < 1.29 is 14.3 Å². The van der Waals surface area contributed by atoms with Gasteiger partial charge in [-0.05, 0) is 24.5 Å². The van der Waals surface area contributed by atoms with Crippen LogP contribution in [-0.2, 0) is 16.0 Å². The van der Waals surface area contributed by atoms with Crippen molar-refractivity contribution in [2.24, 2.45) is 0 Å². The molecule has 3 rings (SSSR count). The third-order valence-corrected chi connectivity index (χ3v) is 5.56. The van der Waals surface area contributed by atoms with Crippen LogP contribution in [0.1, 0.15) is 31.0 Å². The number of carbonyl (C=O) groups is 2. The van der Waals surface area contributed by atoms with E-state index < -0.39 is 0 Å². The third-order valence-electron chi connectivity index (χ3n) is 5.56. The normalized spacial score (nSPS) is 19.4. The fraction of sp³-hybridized carbons (Fsp3) is 0.619. The molecule has 0 spiro atoms. The number of carbonyl (C=O) groups excluding carboxylic acids is 2. The summed E-state index contributed by atoms with van der Waals surface area (Å²) in [4.78, 5) is 30.8. The van der Waals surface area contributed by atoms with E-state index in [2.05, 4.69) is 41.4 Å².